The minimum absolute atomic E-state index is 0.834. The molecule has 4 aromatic heterocycles. The molecule has 126 valence electrons. The van der Waals surface area contributed by atoms with Crippen molar-refractivity contribution in [1.82, 2.24) is 9.97 Å². The third kappa shape index (κ3) is 3.29. The quantitative estimate of drug-likeness (QED) is 0.406. The van der Waals surface area contributed by atoms with E-state index in [9.17, 15) is 0 Å². The van der Waals surface area contributed by atoms with Crippen LogP contribution in [0.4, 0.5) is 0 Å². The molecule has 0 N–H and O–H groups in total. The molecule has 0 spiro atoms. The van der Waals surface area contributed by atoms with E-state index in [-0.39, 0.29) is 0 Å². The Morgan fingerprint density at radius 3 is 1.54 bits per heavy atom. The summed E-state index contributed by atoms with van der Waals surface area (Å²) >= 11 is 3.37. The van der Waals surface area contributed by atoms with Gasteiger partial charge in [0.1, 0.15) is 0 Å². The highest BCUT2D eigenvalue weighted by molar-refractivity contribution is 7.11. The minimum Gasteiger partial charge on any atom is -0.255 e. The van der Waals surface area contributed by atoms with Crippen molar-refractivity contribution in [2.45, 2.75) is 0 Å². The maximum atomic E-state index is 4.51. The van der Waals surface area contributed by atoms with Gasteiger partial charge in [0.25, 0.3) is 0 Å². The Bertz CT molecular complexity index is 973. The Morgan fingerprint density at radius 2 is 1.15 bits per heavy atom. The number of thiophene rings is 2. The summed E-state index contributed by atoms with van der Waals surface area (Å²) in [5.41, 5.74) is 5.79. The van der Waals surface area contributed by atoms with Crippen molar-refractivity contribution in [1.29, 1.82) is 0 Å². The highest BCUT2D eigenvalue weighted by Gasteiger charge is 2.10. The fourth-order valence-corrected chi connectivity index (χ4v) is 4.14. The number of aromatic nitrogens is 2. The van der Waals surface area contributed by atoms with Crippen LogP contribution in [0.1, 0.15) is 20.9 Å². The average molecular weight is 373 g/mol. The molecule has 0 fully saturated rings. The van der Waals surface area contributed by atoms with Crippen LogP contribution in [0.3, 0.4) is 0 Å². The summed E-state index contributed by atoms with van der Waals surface area (Å²) in [6, 6.07) is 16.3. The van der Waals surface area contributed by atoms with Gasteiger partial charge in [-0.15, -0.1) is 22.7 Å². The van der Waals surface area contributed by atoms with E-state index < -0.39 is 0 Å². The van der Waals surface area contributed by atoms with Crippen molar-refractivity contribution in [3.63, 3.8) is 0 Å². The van der Waals surface area contributed by atoms with Gasteiger partial charge in [-0.25, -0.2) is 0 Å². The number of rotatable bonds is 5. The lowest BCUT2D eigenvalue weighted by Crippen LogP contribution is -1.92. The lowest BCUT2D eigenvalue weighted by atomic mass is 10.0. The van der Waals surface area contributed by atoms with Crippen molar-refractivity contribution in [3.05, 3.63) is 106 Å². The van der Waals surface area contributed by atoms with Crippen molar-refractivity contribution >= 4 is 33.8 Å². The summed E-state index contributed by atoms with van der Waals surface area (Å²) in [6.07, 6.45) is 3.62. The van der Waals surface area contributed by atoms with E-state index in [0.29, 0.717) is 0 Å². The molecule has 4 rings (SSSR count). The third-order valence-corrected chi connectivity index (χ3v) is 5.98. The summed E-state index contributed by atoms with van der Waals surface area (Å²) in [5.74, 6) is 0. The smallest absolute Gasteiger partial charge is 0.0892 e. The molecule has 0 atom stereocenters. The Kier molecular flexibility index (Phi) is 4.61. The normalized spacial score (nSPS) is 10.6. The molecule has 0 saturated heterocycles. The first kappa shape index (κ1) is 16.6. The number of hydrogen-bond acceptors (Lipinski definition) is 4. The monoisotopic (exact) mass is 372 g/mol. The van der Waals surface area contributed by atoms with E-state index in [1.165, 1.54) is 0 Å². The third-order valence-electron chi connectivity index (χ3n) is 4.12. The van der Waals surface area contributed by atoms with Crippen LogP contribution in [0.15, 0.2) is 84.8 Å². The summed E-state index contributed by atoms with van der Waals surface area (Å²) in [4.78, 5) is 11.3. The second-order valence-corrected chi connectivity index (χ2v) is 7.67. The molecule has 2 nitrogen and oxygen atoms in total. The standard InChI is InChI=1S/C22H16N2S2/c1-15(21-5-3-11-25-21)17-7-9-23-19(13-17)20-14-18(8-10-24-20)16(2)22-6-4-12-26-22/h3-14H,1-2H2. The first-order valence-electron chi connectivity index (χ1n) is 8.11. The molecule has 0 aliphatic carbocycles. The van der Waals surface area contributed by atoms with Crippen LogP contribution in [0.2, 0.25) is 0 Å². The molecule has 4 heterocycles. The van der Waals surface area contributed by atoms with Gasteiger partial charge in [-0.1, -0.05) is 25.3 Å². The number of pyridine rings is 2. The van der Waals surface area contributed by atoms with E-state index >= 15 is 0 Å². The molecule has 26 heavy (non-hydrogen) atoms. The van der Waals surface area contributed by atoms with Gasteiger partial charge in [0.2, 0.25) is 0 Å². The minimum atomic E-state index is 0.834. The SMILES string of the molecule is C=C(c1ccnc(-c2cc(C(=C)c3cccs3)ccn2)c1)c1cccs1. The van der Waals surface area contributed by atoms with Crippen LogP contribution in [0.5, 0.6) is 0 Å². The predicted molar refractivity (Wildman–Crippen MR) is 112 cm³/mol. The number of nitrogens with zero attached hydrogens (tertiary/aromatic N) is 2. The average Bonchev–Trinajstić information content (AvgIpc) is 3.41. The first-order valence-corrected chi connectivity index (χ1v) is 9.87. The predicted octanol–water partition coefficient (Wildman–Crippen LogP) is 6.39. The van der Waals surface area contributed by atoms with E-state index in [4.69, 9.17) is 0 Å². The molecule has 0 bridgehead atoms. The first-order chi connectivity index (χ1) is 12.7. The van der Waals surface area contributed by atoms with E-state index in [1.54, 1.807) is 22.7 Å². The second kappa shape index (κ2) is 7.20. The molecule has 4 aromatic rings. The van der Waals surface area contributed by atoms with Gasteiger partial charge in [0.05, 0.1) is 11.4 Å². The zero-order valence-corrected chi connectivity index (χ0v) is 15.7. The van der Waals surface area contributed by atoms with Crippen LogP contribution in [-0.4, -0.2) is 9.97 Å². The lowest BCUT2D eigenvalue weighted by Gasteiger charge is -2.08. The topological polar surface area (TPSA) is 25.8 Å². The van der Waals surface area contributed by atoms with Gasteiger partial charge in [-0.2, -0.15) is 0 Å². The molecular formula is C22H16N2S2. The van der Waals surface area contributed by atoms with Gasteiger partial charge >= 0.3 is 0 Å². The van der Waals surface area contributed by atoms with E-state index in [1.807, 2.05) is 48.8 Å². The Balaban J connectivity index is 1.68. The molecule has 0 amide bonds. The second-order valence-electron chi connectivity index (χ2n) is 5.77. The summed E-state index contributed by atoms with van der Waals surface area (Å²) in [7, 11) is 0. The maximum absolute atomic E-state index is 4.51. The van der Waals surface area contributed by atoms with Crippen molar-refractivity contribution in [2.24, 2.45) is 0 Å². The molecule has 0 radical (unpaired) electrons. The van der Waals surface area contributed by atoms with Crippen molar-refractivity contribution < 1.29 is 0 Å². The summed E-state index contributed by atoms with van der Waals surface area (Å²) in [5, 5.41) is 4.12. The molecule has 0 unspecified atom stereocenters. The Labute approximate surface area is 160 Å². The molecular weight excluding hydrogens is 356 g/mol. The van der Waals surface area contributed by atoms with Gasteiger partial charge in [-0.05, 0) is 69.4 Å². The molecule has 0 aliphatic rings. The zero-order chi connectivity index (χ0) is 17.9. The summed E-state index contributed by atoms with van der Waals surface area (Å²) in [6.45, 7) is 8.46. The molecule has 0 aromatic carbocycles. The Morgan fingerprint density at radius 1 is 0.692 bits per heavy atom. The van der Waals surface area contributed by atoms with E-state index in [0.717, 1.165) is 43.4 Å². The lowest BCUT2D eigenvalue weighted by molar-refractivity contribution is 1.24. The van der Waals surface area contributed by atoms with Gasteiger partial charge in [0, 0.05) is 22.1 Å². The van der Waals surface area contributed by atoms with Crippen LogP contribution >= 0.6 is 22.7 Å². The molecule has 0 saturated carbocycles. The van der Waals surface area contributed by atoms with Gasteiger partial charge < -0.3 is 0 Å². The maximum Gasteiger partial charge on any atom is 0.0892 e. The fraction of sp³-hybridized carbons (Fsp3) is 0. The Hall–Kier alpha value is -2.82. The van der Waals surface area contributed by atoms with Gasteiger partial charge in [-0.3, -0.25) is 9.97 Å². The van der Waals surface area contributed by atoms with Crippen LogP contribution in [0, 0.1) is 0 Å². The highest BCUT2D eigenvalue weighted by Crippen LogP contribution is 2.30. The van der Waals surface area contributed by atoms with Crippen LogP contribution in [-0.2, 0) is 0 Å². The highest BCUT2D eigenvalue weighted by atomic mass is 32.1. The fourth-order valence-electron chi connectivity index (χ4n) is 2.70. The largest absolute Gasteiger partial charge is 0.255 e. The summed E-state index contributed by atoms with van der Waals surface area (Å²) < 4.78 is 0. The molecule has 0 aliphatic heterocycles. The van der Waals surface area contributed by atoms with Crippen molar-refractivity contribution in [2.75, 3.05) is 0 Å². The van der Waals surface area contributed by atoms with Crippen LogP contribution in [0.25, 0.3) is 22.5 Å². The van der Waals surface area contributed by atoms with Crippen molar-refractivity contribution in [3.8, 4) is 11.4 Å². The molecule has 4 heteroatoms. The number of hydrogen-bond donors (Lipinski definition) is 0. The van der Waals surface area contributed by atoms with Gasteiger partial charge in [0.15, 0.2) is 0 Å². The van der Waals surface area contributed by atoms with Crippen LogP contribution < -0.4 is 0 Å². The zero-order valence-electron chi connectivity index (χ0n) is 14.1. The van der Waals surface area contributed by atoms with E-state index in [2.05, 4.69) is 46.0 Å².